The molecule has 51 heavy (non-hydrogen) atoms. The molecule has 3 amide bonds. The van der Waals surface area contributed by atoms with Crippen LogP contribution in [0.15, 0.2) is 54.7 Å². The smallest absolute Gasteiger partial charge is 0.247 e. The average Bonchev–Trinajstić information content (AvgIpc) is 3.11. The first-order valence-corrected chi connectivity index (χ1v) is 17.3. The van der Waals surface area contributed by atoms with Crippen molar-refractivity contribution in [3.8, 4) is 11.5 Å². The number of aliphatic hydroxyl groups excluding tert-OH is 4. The molecule has 7 N–H and O–H groups in total. The third kappa shape index (κ3) is 9.84. The van der Waals surface area contributed by atoms with E-state index in [1.807, 2.05) is 58.0 Å². The minimum Gasteiger partial charge on any atom is -0.487 e. The first kappa shape index (κ1) is 39.7. The van der Waals surface area contributed by atoms with Crippen molar-refractivity contribution in [3.05, 3.63) is 65.9 Å². The van der Waals surface area contributed by atoms with E-state index in [2.05, 4.69) is 16.0 Å². The molecule has 0 radical (unpaired) electrons. The Bertz CT molecular complexity index is 1500. The van der Waals surface area contributed by atoms with Crippen LogP contribution in [0.4, 0.5) is 0 Å². The monoisotopic (exact) mass is 712 g/mol. The lowest BCUT2D eigenvalue weighted by atomic mass is 9.94. The number of hydrogen-bond acceptors (Lipinski definition) is 11. The van der Waals surface area contributed by atoms with Crippen molar-refractivity contribution in [1.29, 1.82) is 0 Å². The summed E-state index contributed by atoms with van der Waals surface area (Å²) >= 11 is 0. The number of likely N-dealkylation sites (N-methyl/N-ethyl adjacent to an activating group) is 1. The highest BCUT2D eigenvalue weighted by molar-refractivity contribution is 5.94. The normalized spacial score (nSPS) is 28.3. The van der Waals surface area contributed by atoms with E-state index in [0.29, 0.717) is 18.4 Å². The molecule has 10 unspecified atom stereocenters. The second-order valence-electron chi connectivity index (χ2n) is 13.7. The van der Waals surface area contributed by atoms with E-state index in [4.69, 9.17) is 14.2 Å². The lowest BCUT2D eigenvalue weighted by Gasteiger charge is -2.39. The molecular weight excluding hydrogens is 660 g/mol. The quantitative estimate of drug-likeness (QED) is 0.172. The van der Waals surface area contributed by atoms with Crippen molar-refractivity contribution < 1.29 is 49.0 Å². The van der Waals surface area contributed by atoms with E-state index >= 15 is 0 Å². The molecule has 0 saturated carbocycles. The van der Waals surface area contributed by atoms with Gasteiger partial charge in [0.1, 0.15) is 54.1 Å². The van der Waals surface area contributed by atoms with Crippen LogP contribution in [0.25, 0.3) is 6.08 Å². The Balaban J connectivity index is 1.75. The predicted octanol–water partition coefficient (Wildman–Crippen LogP) is 0.558. The van der Waals surface area contributed by atoms with Crippen molar-refractivity contribution in [3.63, 3.8) is 0 Å². The summed E-state index contributed by atoms with van der Waals surface area (Å²) in [7, 11) is 3.57. The third-order valence-corrected chi connectivity index (χ3v) is 9.39. The topological polar surface area (TPSA) is 199 Å². The Hall–Kier alpha value is -4.05. The summed E-state index contributed by atoms with van der Waals surface area (Å²) < 4.78 is 18.1. The fourth-order valence-electron chi connectivity index (χ4n) is 6.01. The molecule has 2 aromatic rings. The molecule has 1 saturated heterocycles. The fourth-order valence-corrected chi connectivity index (χ4v) is 6.01. The molecule has 3 aliphatic rings. The number of benzene rings is 2. The van der Waals surface area contributed by atoms with Gasteiger partial charge in [-0.1, -0.05) is 64.4 Å². The minimum atomic E-state index is -1.68. The fraction of sp³-hybridized carbons (Fsp3) is 0.541. The zero-order chi connectivity index (χ0) is 37.4. The van der Waals surface area contributed by atoms with Gasteiger partial charge >= 0.3 is 0 Å². The van der Waals surface area contributed by atoms with Crippen molar-refractivity contribution in [2.75, 3.05) is 20.7 Å². The van der Waals surface area contributed by atoms with E-state index in [-0.39, 0.29) is 23.3 Å². The van der Waals surface area contributed by atoms with Gasteiger partial charge in [0.05, 0.1) is 12.6 Å². The number of ether oxygens (including phenoxy) is 3. The van der Waals surface area contributed by atoms with Crippen LogP contribution in [0.2, 0.25) is 0 Å². The number of nitrogens with zero attached hydrogens (tertiary/aromatic N) is 1. The maximum atomic E-state index is 14.2. The molecule has 0 aromatic heterocycles. The number of hydrogen-bond donors (Lipinski definition) is 7. The summed E-state index contributed by atoms with van der Waals surface area (Å²) in [6.07, 6.45) is -4.71. The molecule has 2 aromatic carbocycles. The molecule has 5 rings (SSSR count). The Morgan fingerprint density at radius 2 is 1.71 bits per heavy atom. The Kier molecular flexibility index (Phi) is 14.0. The summed E-state index contributed by atoms with van der Waals surface area (Å²) in [6.45, 7) is 6.78. The highest BCUT2D eigenvalue weighted by atomic mass is 16.7. The molecule has 2 bridgehead atoms. The van der Waals surface area contributed by atoms with Gasteiger partial charge in [-0.25, -0.2) is 0 Å². The van der Waals surface area contributed by atoms with Gasteiger partial charge in [0.2, 0.25) is 24.0 Å². The van der Waals surface area contributed by atoms with Crippen LogP contribution in [0.5, 0.6) is 11.5 Å². The van der Waals surface area contributed by atoms with Gasteiger partial charge in [-0.15, -0.1) is 0 Å². The number of rotatable bonds is 11. The number of nitrogens with one attached hydrogen (secondary N) is 3. The molecule has 0 spiro atoms. The number of fused-ring (bicyclic) bond motifs is 10. The van der Waals surface area contributed by atoms with Gasteiger partial charge in [-0.05, 0) is 56.1 Å². The average molecular weight is 713 g/mol. The van der Waals surface area contributed by atoms with Gasteiger partial charge in [-0.3, -0.25) is 19.3 Å². The third-order valence-electron chi connectivity index (χ3n) is 9.39. The van der Waals surface area contributed by atoms with Gasteiger partial charge in [0.25, 0.3) is 0 Å². The molecule has 3 heterocycles. The first-order chi connectivity index (χ1) is 24.2. The number of amides is 3. The largest absolute Gasteiger partial charge is 0.487 e. The second kappa shape index (κ2) is 17.9. The van der Waals surface area contributed by atoms with E-state index in [0.717, 1.165) is 5.56 Å². The summed E-state index contributed by atoms with van der Waals surface area (Å²) in [5.41, 5.74) is 1.36. The van der Waals surface area contributed by atoms with Gasteiger partial charge in [-0.2, -0.15) is 0 Å². The van der Waals surface area contributed by atoms with Crippen LogP contribution < -0.4 is 25.4 Å². The number of carbonyl (C=O) groups excluding carboxylic acids is 3. The van der Waals surface area contributed by atoms with Crippen LogP contribution in [-0.2, 0) is 25.5 Å². The predicted molar refractivity (Wildman–Crippen MR) is 188 cm³/mol. The summed E-state index contributed by atoms with van der Waals surface area (Å²) in [6, 6.07) is 11.4. The Labute approximate surface area is 298 Å². The zero-order valence-corrected chi connectivity index (χ0v) is 29.9. The molecule has 3 aliphatic heterocycles. The molecule has 0 aliphatic carbocycles. The van der Waals surface area contributed by atoms with E-state index in [9.17, 15) is 34.8 Å². The van der Waals surface area contributed by atoms with Crippen molar-refractivity contribution in [2.45, 2.75) is 95.5 Å². The number of aliphatic hydroxyl groups is 4. The number of carbonyl (C=O) groups is 3. The van der Waals surface area contributed by atoms with E-state index in [1.165, 1.54) is 12.3 Å². The van der Waals surface area contributed by atoms with Gasteiger partial charge < -0.3 is 50.6 Å². The van der Waals surface area contributed by atoms with Crippen LogP contribution in [-0.4, -0.2) is 119 Å². The lowest BCUT2D eigenvalue weighted by Crippen LogP contribution is -2.62. The first-order valence-electron chi connectivity index (χ1n) is 17.3. The maximum Gasteiger partial charge on any atom is 0.247 e. The highest BCUT2D eigenvalue weighted by Crippen LogP contribution is 2.32. The zero-order valence-electron chi connectivity index (χ0n) is 29.9. The summed E-state index contributed by atoms with van der Waals surface area (Å²) in [4.78, 5) is 43.6. The molecule has 14 heteroatoms. The lowest BCUT2D eigenvalue weighted by molar-refractivity contribution is -0.277. The van der Waals surface area contributed by atoms with Crippen LogP contribution in [0.1, 0.15) is 45.2 Å². The summed E-state index contributed by atoms with van der Waals surface area (Å²) in [5, 5.41) is 49.5. The van der Waals surface area contributed by atoms with Gasteiger partial charge in [0.15, 0.2) is 0 Å². The van der Waals surface area contributed by atoms with E-state index < -0.39 is 79.3 Å². The van der Waals surface area contributed by atoms with Gasteiger partial charge in [0, 0.05) is 17.8 Å². The maximum absolute atomic E-state index is 14.2. The van der Waals surface area contributed by atoms with Crippen molar-refractivity contribution in [1.82, 2.24) is 20.9 Å². The molecule has 280 valence electrons. The Morgan fingerprint density at radius 3 is 2.33 bits per heavy atom. The molecular formula is C37H52N4O10. The highest BCUT2D eigenvalue weighted by Gasteiger charge is 2.45. The SMILES string of the molecule is CCC(C)C1NC(=O)C(NC(=O)C(Cc2ccccc2)N(C)C)C(C(C)C)Oc2ccc(c(OC3OC(CO)C(O)C(O)C3O)c2)C=CNC1=O. The Morgan fingerprint density at radius 1 is 1.00 bits per heavy atom. The van der Waals surface area contributed by atoms with Crippen molar-refractivity contribution in [2.24, 2.45) is 11.8 Å². The second-order valence-corrected chi connectivity index (χ2v) is 13.7. The standard InChI is InChI=1S/C37H52N4O10/c1-7-21(4)28-35(47)38-16-15-23-13-14-24(18-26(23)50-37-32(45)31(44)30(43)27(19-42)51-37)49-33(20(2)3)29(36(48)39-28)40-34(46)25(41(5)6)17-22-11-9-8-10-12-22/h8-16,18,20-21,25,27-33,37,42-45H,7,17,19H2,1-6H3,(H,38,47)(H,39,48)(H,40,46). The van der Waals surface area contributed by atoms with E-state index in [1.54, 1.807) is 37.2 Å². The van der Waals surface area contributed by atoms with Crippen molar-refractivity contribution >= 4 is 23.8 Å². The van der Waals surface area contributed by atoms with Crippen LogP contribution >= 0.6 is 0 Å². The molecule has 10 atom stereocenters. The minimum absolute atomic E-state index is 0.0981. The molecule has 14 nitrogen and oxygen atoms in total. The van der Waals surface area contributed by atoms with Crippen LogP contribution in [0.3, 0.4) is 0 Å². The molecule has 1 fully saturated rings. The summed E-state index contributed by atoms with van der Waals surface area (Å²) in [5.74, 6) is -1.77. The van der Waals surface area contributed by atoms with Crippen LogP contribution in [0, 0.1) is 11.8 Å².